The molecule has 26 heavy (non-hydrogen) atoms. The lowest BCUT2D eigenvalue weighted by atomic mass is 9.87. The van der Waals surface area contributed by atoms with Gasteiger partial charge in [-0.05, 0) is 37.8 Å². The second-order valence-corrected chi connectivity index (χ2v) is 8.09. The number of rotatable bonds is 6. The van der Waals surface area contributed by atoms with Gasteiger partial charge in [0.2, 0.25) is 22.2 Å². The number of fused-ring (bicyclic) bond motifs is 2. The number of nitrogens with zero attached hydrogens (tertiary/aromatic N) is 4. The van der Waals surface area contributed by atoms with Crippen LogP contribution in [0.2, 0.25) is 0 Å². The van der Waals surface area contributed by atoms with E-state index in [1.807, 2.05) is 0 Å². The Morgan fingerprint density at radius 3 is 2.85 bits per heavy atom. The summed E-state index contributed by atoms with van der Waals surface area (Å²) in [4.78, 5) is 13.8. The van der Waals surface area contributed by atoms with Crippen molar-refractivity contribution in [2.75, 3.05) is 19.6 Å². The molecule has 2 bridgehead atoms. The van der Waals surface area contributed by atoms with Crippen LogP contribution in [0, 0.1) is 11.8 Å². The third-order valence-corrected chi connectivity index (χ3v) is 5.72. The predicted molar refractivity (Wildman–Crippen MR) is 85.1 cm³/mol. The molecular formula is C14H21N5O6S. The standard InChI is InChI=1S/C14H21N5O6S/c1-8(9-5-15-6-9)4-12-16-17-13(24-12)11-3-2-10-7-18(11)14(20)19(10)25-26(21,22)23/h8-11,15H,2-7H2,1H3,(H,21,22,23)/t8?,10-,11+/m1/s1. The molecule has 1 aromatic rings. The molecule has 3 aliphatic heterocycles. The second kappa shape index (κ2) is 6.44. The molecule has 0 saturated carbocycles. The number of urea groups is 1. The molecule has 11 nitrogen and oxygen atoms in total. The quantitative estimate of drug-likeness (QED) is 0.523. The summed E-state index contributed by atoms with van der Waals surface area (Å²) in [6.07, 6.45) is 1.68. The van der Waals surface area contributed by atoms with Gasteiger partial charge in [-0.15, -0.1) is 10.2 Å². The first-order valence-corrected chi connectivity index (χ1v) is 9.93. The fourth-order valence-corrected chi connectivity index (χ4v) is 4.11. The Hall–Kier alpha value is -1.76. The summed E-state index contributed by atoms with van der Waals surface area (Å²) in [6.45, 7) is 4.38. The topological polar surface area (TPSA) is 141 Å². The number of hydrogen-bond donors (Lipinski definition) is 1. The Labute approximate surface area is 152 Å². The van der Waals surface area contributed by atoms with Crippen molar-refractivity contribution in [2.24, 2.45) is 11.8 Å². The van der Waals surface area contributed by atoms with E-state index < -0.39 is 28.5 Å². The van der Waals surface area contributed by atoms with Crippen molar-refractivity contribution in [3.05, 3.63) is 11.8 Å². The van der Waals surface area contributed by atoms with Gasteiger partial charge >= 0.3 is 7.46 Å². The van der Waals surface area contributed by atoms with Crippen molar-refractivity contribution in [3.8, 4) is 0 Å². The molecule has 3 atom stereocenters. The van der Waals surface area contributed by atoms with Crippen LogP contribution in [0.4, 0.5) is 4.79 Å². The first kappa shape index (κ1) is 17.6. The Kier molecular flexibility index (Phi) is 4.37. The number of hydrogen-bond acceptors (Lipinski definition) is 9. The highest BCUT2D eigenvalue weighted by molar-refractivity contribution is 7.80. The van der Waals surface area contributed by atoms with Gasteiger partial charge in [0, 0.05) is 13.0 Å². The molecule has 1 aromatic heterocycles. The highest BCUT2D eigenvalue weighted by Gasteiger charge is 2.48. The zero-order chi connectivity index (χ0) is 18.5. The summed E-state index contributed by atoms with van der Waals surface area (Å²) in [5.41, 5.74) is 0. The van der Waals surface area contributed by atoms with E-state index in [0.29, 0.717) is 47.9 Å². The Morgan fingerprint density at radius 2 is 2.19 bits per heavy atom. The summed E-state index contributed by atoms with van der Waals surface area (Å²) < 4.78 is 42.6. The van der Waals surface area contributed by atoms with Gasteiger partial charge in [-0.2, -0.15) is 9.35 Å². The van der Waals surface area contributed by atoms with Crippen molar-refractivity contribution in [1.82, 2.24) is 25.5 Å². The number of hydroxylamine groups is 2. The van der Waals surface area contributed by atoms with E-state index in [1.165, 1.54) is 4.90 Å². The van der Waals surface area contributed by atoms with Crippen molar-refractivity contribution in [2.45, 2.75) is 38.3 Å². The number of carbonyl (C=O) groups excluding carboxylic acids is 1. The minimum Gasteiger partial charge on any atom is -0.724 e. The van der Waals surface area contributed by atoms with Crippen molar-refractivity contribution < 1.29 is 27.9 Å². The third-order valence-electron chi connectivity index (χ3n) is 5.38. The van der Waals surface area contributed by atoms with E-state index in [4.69, 9.17) is 4.42 Å². The molecule has 4 rings (SSSR count). The average molecular weight is 387 g/mol. The molecule has 0 radical (unpaired) electrons. The summed E-state index contributed by atoms with van der Waals surface area (Å²) in [7, 11) is -5.00. The molecule has 0 spiro atoms. The lowest BCUT2D eigenvalue weighted by Gasteiger charge is -2.31. The van der Waals surface area contributed by atoms with E-state index in [9.17, 15) is 17.8 Å². The first-order valence-electron chi connectivity index (χ1n) is 8.60. The van der Waals surface area contributed by atoms with Crippen LogP contribution in [0.3, 0.4) is 0 Å². The van der Waals surface area contributed by atoms with Gasteiger partial charge < -0.3 is 19.2 Å². The van der Waals surface area contributed by atoms with Gasteiger partial charge in [-0.3, -0.25) is 0 Å². The lowest BCUT2D eigenvalue weighted by molar-refractivity contribution is -0.0328. The zero-order valence-electron chi connectivity index (χ0n) is 15.2. The predicted octanol–water partition coefficient (Wildman–Crippen LogP) is -0.0870. The van der Waals surface area contributed by atoms with Crippen LogP contribution in [-0.4, -0.2) is 64.8 Å². The van der Waals surface area contributed by atoms with Crippen LogP contribution in [0.15, 0.2) is 4.42 Å². The SMILES string of the molecule is CC(Cc1nnc([C@@H]2CC[C@@H]3CN2C(=O)N3OS(=O)(=O)[O-])o1)C1CNC1.[H+]. The van der Waals surface area contributed by atoms with Crippen LogP contribution < -0.4 is 5.32 Å². The minimum absolute atomic E-state index is 0. The van der Waals surface area contributed by atoms with Gasteiger partial charge in [0.25, 0.3) is 0 Å². The second-order valence-electron chi connectivity index (χ2n) is 7.12. The van der Waals surface area contributed by atoms with Crippen LogP contribution in [-0.2, 0) is 21.1 Å². The smallest absolute Gasteiger partial charge is 0.724 e. The maximum absolute atomic E-state index is 12.4. The molecule has 3 saturated heterocycles. The number of piperidine rings is 1. The lowest BCUT2D eigenvalue weighted by Crippen LogP contribution is -2.45. The van der Waals surface area contributed by atoms with Crippen molar-refractivity contribution in [1.29, 1.82) is 0 Å². The van der Waals surface area contributed by atoms with Crippen LogP contribution in [0.5, 0.6) is 0 Å². The van der Waals surface area contributed by atoms with Gasteiger partial charge in [-0.1, -0.05) is 6.92 Å². The summed E-state index contributed by atoms with van der Waals surface area (Å²) in [5, 5.41) is 12.1. The Morgan fingerprint density at radius 1 is 1.42 bits per heavy atom. The van der Waals surface area contributed by atoms with Gasteiger partial charge in [0.1, 0.15) is 6.04 Å². The normalized spacial score (nSPS) is 27.7. The molecule has 3 aliphatic rings. The number of amides is 2. The molecule has 2 amide bonds. The Balaban J connectivity index is 0.00000210. The van der Waals surface area contributed by atoms with Gasteiger partial charge in [-0.25, -0.2) is 13.2 Å². The minimum atomic E-state index is -5.00. The average Bonchev–Trinajstić information content (AvgIpc) is 3.04. The van der Waals surface area contributed by atoms with E-state index >= 15 is 0 Å². The molecule has 144 valence electrons. The van der Waals surface area contributed by atoms with Crippen LogP contribution in [0.1, 0.15) is 39.0 Å². The van der Waals surface area contributed by atoms with E-state index in [1.54, 1.807) is 0 Å². The maximum Gasteiger partial charge on any atom is 1.00 e. The van der Waals surface area contributed by atoms with Crippen LogP contribution >= 0.6 is 0 Å². The van der Waals surface area contributed by atoms with Crippen LogP contribution in [0.25, 0.3) is 0 Å². The molecule has 1 unspecified atom stereocenters. The fourth-order valence-electron chi connectivity index (χ4n) is 3.72. The summed E-state index contributed by atoms with van der Waals surface area (Å²) >= 11 is 0. The monoisotopic (exact) mass is 387 g/mol. The molecular weight excluding hydrogens is 366 g/mol. The molecule has 0 aliphatic carbocycles. The largest absolute Gasteiger partial charge is 1.00 e. The zero-order valence-corrected chi connectivity index (χ0v) is 15.0. The van der Waals surface area contributed by atoms with Crippen molar-refractivity contribution in [3.63, 3.8) is 0 Å². The van der Waals surface area contributed by atoms with Gasteiger partial charge in [0.15, 0.2) is 0 Å². The highest BCUT2D eigenvalue weighted by Crippen LogP contribution is 2.38. The third kappa shape index (κ3) is 3.29. The number of aromatic nitrogens is 2. The maximum atomic E-state index is 12.4. The van der Waals surface area contributed by atoms with E-state index in [0.717, 1.165) is 13.1 Å². The van der Waals surface area contributed by atoms with E-state index in [2.05, 4.69) is 26.7 Å². The summed E-state index contributed by atoms with van der Waals surface area (Å²) in [5.74, 6) is 1.88. The Bertz CT molecular complexity index is 800. The highest BCUT2D eigenvalue weighted by atomic mass is 32.3. The molecule has 1 N–H and O–H groups in total. The van der Waals surface area contributed by atoms with Crippen molar-refractivity contribution >= 4 is 16.4 Å². The first-order chi connectivity index (χ1) is 12.3. The molecule has 12 heteroatoms. The fraction of sp³-hybridized carbons (Fsp3) is 0.786. The molecule has 0 aromatic carbocycles. The van der Waals surface area contributed by atoms with E-state index in [-0.39, 0.29) is 7.97 Å². The summed E-state index contributed by atoms with van der Waals surface area (Å²) in [6, 6.07) is -1.59. The van der Waals surface area contributed by atoms with Gasteiger partial charge in [0.05, 0.1) is 6.04 Å². The number of nitrogens with one attached hydrogen (secondary N) is 1. The molecule has 3 fully saturated rings. The number of carbonyl (C=O) groups is 1. The molecule has 4 heterocycles.